The number of fused-ring (bicyclic) bond motifs is 1. The molecule has 1 N–H and O–H groups in total. The standard InChI is InChI=1S/C44H55N5O2Si/c1-44(2,3)52(39-20-11-6-12-21-39,40-22-13-7-14-23-40)51-31-17-29-48-28-15-8-16-30-49(33-37-18-9-5-10-19-37)43-41(34-48)42(46-35-47-43)45-32-36-24-26-38(50-4)27-25-36/h5-7,9-14,18-27,35H,8,15-17,28-34H2,1-4H3,(H,45,46,47). The van der Waals surface area contributed by atoms with Crippen molar-refractivity contribution in [3.8, 4) is 5.75 Å². The average Bonchev–Trinajstić information content (AvgIpc) is 3.17. The van der Waals surface area contributed by atoms with E-state index in [2.05, 4.69) is 139 Å². The number of hydrogen-bond donors (Lipinski definition) is 1. The van der Waals surface area contributed by atoms with Crippen LogP contribution in [0.5, 0.6) is 5.75 Å². The lowest BCUT2D eigenvalue weighted by Crippen LogP contribution is -2.66. The molecule has 5 aromatic rings. The number of benzene rings is 4. The van der Waals surface area contributed by atoms with Crippen LogP contribution in [0.3, 0.4) is 0 Å². The number of anilines is 2. The molecule has 0 saturated carbocycles. The van der Waals surface area contributed by atoms with Gasteiger partial charge in [-0.25, -0.2) is 9.97 Å². The molecule has 0 aliphatic carbocycles. The van der Waals surface area contributed by atoms with E-state index in [1.54, 1.807) is 13.4 Å². The Bertz CT molecular complexity index is 1760. The fourth-order valence-corrected chi connectivity index (χ4v) is 12.2. The van der Waals surface area contributed by atoms with Gasteiger partial charge in [-0.05, 0) is 64.5 Å². The number of methoxy groups -OCH3 is 1. The number of aromatic nitrogens is 2. The van der Waals surface area contributed by atoms with Crippen LogP contribution in [-0.2, 0) is 24.1 Å². The van der Waals surface area contributed by atoms with E-state index in [9.17, 15) is 0 Å². The van der Waals surface area contributed by atoms with Crippen LogP contribution in [0.1, 0.15) is 63.1 Å². The normalized spacial score (nSPS) is 14.4. The molecule has 0 atom stereocenters. The molecule has 0 bridgehead atoms. The zero-order valence-corrected chi connectivity index (χ0v) is 32.4. The summed E-state index contributed by atoms with van der Waals surface area (Å²) in [6.45, 7) is 12.9. The summed E-state index contributed by atoms with van der Waals surface area (Å²) in [4.78, 5) is 14.9. The Balaban J connectivity index is 1.25. The summed E-state index contributed by atoms with van der Waals surface area (Å²) in [5.74, 6) is 2.77. The molecule has 8 heteroatoms. The van der Waals surface area contributed by atoms with Crippen molar-refractivity contribution in [3.63, 3.8) is 0 Å². The first kappa shape index (κ1) is 37.3. The minimum Gasteiger partial charge on any atom is -0.497 e. The monoisotopic (exact) mass is 713 g/mol. The van der Waals surface area contributed by atoms with E-state index in [4.69, 9.17) is 19.1 Å². The molecule has 1 aromatic heterocycles. The van der Waals surface area contributed by atoms with Crippen molar-refractivity contribution in [2.75, 3.05) is 43.6 Å². The van der Waals surface area contributed by atoms with Crippen molar-refractivity contribution in [1.82, 2.24) is 14.9 Å². The highest BCUT2D eigenvalue weighted by atomic mass is 28.4. The predicted octanol–water partition coefficient (Wildman–Crippen LogP) is 8.06. The van der Waals surface area contributed by atoms with Gasteiger partial charge in [-0.2, -0.15) is 0 Å². The van der Waals surface area contributed by atoms with Gasteiger partial charge in [0.05, 0.1) is 12.7 Å². The molecule has 7 nitrogen and oxygen atoms in total. The summed E-state index contributed by atoms with van der Waals surface area (Å²) in [7, 11) is -0.894. The third-order valence-electron chi connectivity index (χ3n) is 10.2. The minimum atomic E-state index is -2.59. The van der Waals surface area contributed by atoms with Crippen LogP contribution in [0.15, 0.2) is 122 Å². The molecule has 0 unspecified atom stereocenters. The van der Waals surface area contributed by atoms with Crippen LogP contribution in [0, 0.1) is 0 Å². The molecule has 272 valence electrons. The molecular formula is C44H55N5O2Si. The van der Waals surface area contributed by atoms with Crippen LogP contribution < -0.4 is 25.3 Å². The molecule has 0 spiro atoms. The summed E-state index contributed by atoms with van der Waals surface area (Å²) >= 11 is 0. The zero-order chi connectivity index (χ0) is 36.2. The molecule has 4 aromatic carbocycles. The summed E-state index contributed by atoms with van der Waals surface area (Å²) in [5, 5.41) is 6.29. The van der Waals surface area contributed by atoms with Gasteiger partial charge in [0.2, 0.25) is 0 Å². The Labute approximate surface area is 312 Å². The van der Waals surface area contributed by atoms with Crippen molar-refractivity contribution in [2.24, 2.45) is 0 Å². The van der Waals surface area contributed by atoms with Crippen molar-refractivity contribution < 1.29 is 9.16 Å². The Hall–Kier alpha value is -4.50. The number of rotatable bonds is 13. The fourth-order valence-electron chi connectivity index (χ4n) is 7.55. The van der Waals surface area contributed by atoms with Gasteiger partial charge in [-0.15, -0.1) is 0 Å². The Morgan fingerprint density at radius 1 is 0.731 bits per heavy atom. The molecule has 2 heterocycles. The van der Waals surface area contributed by atoms with Gasteiger partial charge in [-0.1, -0.05) is 130 Å². The highest BCUT2D eigenvalue weighted by molar-refractivity contribution is 6.99. The number of nitrogens with one attached hydrogen (secondary N) is 1. The van der Waals surface area contributed by atoms with Crippen LogP contribution >= 0.6 is 0 Å². The molecule has 52 heavy (non-hydrogen) atoms. The van der Waals surface area contributed by atoms with Gasteiger partial charge in [0, 0.05) is 39.3 Å². The van der Waals surface area contributed by atoms with E-state index >= 15 is 0 Å². The fraction of sp³-hybridized carbons (Fsp3) is 0.364. The first-order valence-corrected chi connectivity index (χ1v) is 20.7. The maximum atomic E-state index is 7.30. The molecule has 0 saturated heterocycles. The van der Waals surface area contributed by atoms with Crippen LogP contribution in [-0.4, -0.2) is 56.5 Å². The third-order valence-corrected chi connectivity index (χ3v) is 15.2. The highest BCUT2D eigenvalue weighted by Gasteiger charge is 2.50. The lowest BCUT2D eigenvalue weighted by atomic mass is 10.1. The second kappa shape index (κ2) is 17.8. The molecule has 0 amide bonds. The predicted molar refractivity (Wildman–Crippen MR) is 217 cm³/mol. The van der Waals surface area contributed by atoms with E-state index in [1.807, 2.05) is 12.1 Å². The molecule has 0 fully saturated rings. The van der Waals surface area contributed by atoms with Gasteiger partial charge < -0.3 is 19.4 Å². The first-order valence-electron chi connectivity index (χ1n) is 18.8. The maximum Gasteiger partial charge on any atom is 0.261 e. The molecule has 1 aliphatic heterocycles. The Kier molecular flexibility index (Phi) is 12.8. The molecular weight excluding hydrogens is 659 g/mol. The second-order valence-corrected chi connectivity index (χ2v) is 19.1. The average molecular weight is 714 g/mol. The van der Waals surface area contributed by atoms with E-state index in [0.29, 0.717) is 13.2 Å². The van der Waals surface area contributed by atoms with Gasteiger partial charge in [0.1, 0.15) is 23.7 Å². The van der Waals surface area contributed by atoms with E-state index in [-0.39, 0.29) is 5.04 Å². The molecule has 1 aliphatic rings. The minimum absolute atomic E-state index is 0.0463. The van der Waals surface area contributed by atoms with Crippen molar-refractivity contribution in [3.05, 3.63) is 138 Å². The second-order valence-electron chi connectivity index (χ2n) is 14.8. The van der Waals surface area contributed by atoms with E-state index in [1.165, 1.54) is 27.9 Å². The zero-order valence-electron chi connectivity index (χ0n) is 31.4. The Morgan fingerprint density at radius 2 is 1.37 bits per heavy atom. The number of ether oxygens (including phenoxy) is 1. The highest BCUT2D eigenvalue weighted by Crippen LogP contribution is 2.37. The van der Waals surface area contributed by atoms with E-state index < -0.39 is 8.32 Å². The summed E-state index contributed by atoms with van der Waals surface area (Å²) in [6, 6.07) is 40.9. The SMILES string of the molecule is COc1ccc(CNc2ncnc3c2CN(CCCO[Si](c2ccccc2)(c2ccccc2)C(C)(C)C)CCCCCN3Cc2ccccc2)cc1. The lowest BCUT2D eigenvalue weighted by Gasteiger charge is -2.43. The molecule has 6 rings (SSSR count). The Morgan fingerprint density at radius 3 is 2.00 bits per heavy atom. The number of nitrogens with zero attached hydrogens (tertiary/aromatic N) is 4. The van der Waals surface area contributed by atoms with Gasteiger partial charge >= 0.3 is 0 Å². The maximum absolute atomic E-state index is 7.30. The largest absolute Gasteiger partial charge is 0.497 e. The third kappa shape index (κ3) is 9.10. The van der Waals surface area contributed by atoms with Crippen molar-refractivity contribution in [1.29, 1.82) is 0 Å². The first-order chi connectivity index (χ1) is 25.4. The van der Waals surface area contributed by atoms with Crippen molar-refractivity contribution >= 4 is 30.3 Å². The van der Waals surface area contributed by atoms with Crippen LogP contribution in [0.25, 0.3) is 0 Å². The smallest absolute Gasteiger partial charge is 0.261 e. The number of hydrogen-bond acceptors (Lipinski definition) is 7. The topological polar surface area (TPSA) is 62.8 Å². The van der Waals surface area contributed by atoms with Crippen LogP contribution in [0.2, 0.25) is 5.04 Å². The lowest BCUT2D eigenvalue weighted by molar-refractivity contribution is 0.218. The summed E-state index contributed by atoms with van der Waals surface area (Å²) in [5.41, 5.74) is 3.61. The molecule has 0 radical (unpaired) electrons. The van der Waals surface area contributed by atoms with Gasteiger partial charge in [0.25, 0.3) is 8.32 Å². The van der Waals surface area contributed by atoms with Crippen LogP contribution in [0.4, 0.5) is 11.6 Å². The summed E-state index contributed by atoms with van der Waals surface area (Å²) in [6.07, 6.45) is 6.13. The van der Waals surface area contributed by atoms with Gasteiger partial charge in [0.15, 0.2) is 0 Å². The van der Waals surface area contributed by atoms with Gasteiger partial charge in [-0.3, -0.25) is 4.90 Å². The summed E-state index contributed by atoms with van der Waals surface area (Å²) < 4.78 is 12.7. The van der Waals surface area contributed by atoms with Crippen molar-refractivity contribution in [2.45, 2.75) is 71.1 Å². The van der Waals surface area contributed by atoms with E-state index in [0.717, 1.165) is 74.9 Å². The quantitative estimate of drug-likeness (QED) is 0.0979.